The van der Waals surface area contributed by atoms with Gasteiger partial charge in [0.25, 0.3) is 0 Å². The standard InChI is InChI=1S/C21H27FN2OS/c1-3-4-19-9-10-20(26-19)15-24-13-11-21(12-14-24,23-16(2)25)17-5-7-18(22)8-6-17/h5-10H,3-4,11-15H2,1-2H3,(H,23,25). The maximum absolute atomic E-state index is 13.3. The fourth-order valence-corrected chi connectivity index (χ4v) is 4.96. The monoisotopic (exact) mass is 374 g/mol. The Labute approximate surface area is 159 Å². The Kier molecular flexibility index (Phi) is 6.09. The van der Waals surface area contributed by atoms with Crippen molar-refractivity contribution in [3.05, 3.63) is 57.5 Å². The molecule has 0 aliphatic carbocycles. The van der Waals surface area contributed by atoms with Gasteiger partial charge in [-0.3, -0.25) is 9.69 Å². The zero-order valence-electron chi connectivity index (χ0n) is 15.6. The number of carbonyl (C=O) groups is 1. The van der Waals surface area contributed by atoms with E-state index in [0.717, 1.165) is 44.5 Å². The lowest BCUT2D eigenvalue weighted by atomic mass is 9.80. The van der Waals surface area contributed by atoms with Crippen molar-refractivity contribution < 1.29 is 9.18 Å². The highest BCUT2D eigenvalue weighted by Crippen LogP contribution is 2.34. The molecule has 1 saturated heterocycles. The van der Waals surface area contributed by atoms with Crippen LogP contribution in [0, 0.1) is 5.82 Å². The molecule has 3 rings (SSSR count). The van der Waals surface area contributed by atoms with Crippen molar-refractivity contribution >= 4 is 17.2 Å². The molecule has 0 unspecified atom stereocenters. The summed E-state index contributed by atoms with van der Waals surface area (Å²) in [5, 5.41) is 3.15. The van der Waals surface area contributed by atoms with Crippen LogP contribution in [0.15, 0.2) is 36.4 Å². The fourth-order valence-electron chi connectivity index (χ4n) is 3.79. The number of carbonyl (C=O) groups excluding carboxylic acids is 1. The van der Waals surface area contributed by atoms with Gasteiger partial charge >= 0.3 is 0 Å². The number of benzene rings is 1. The van der Waals surface area contributed by atoms with E-state index in [-0.39, 0.29) is 11.7 Å². The highest BCUT2D eigenvalue weighted by Gasteiger charge is 2.37. The summed E-state index contributed by atoms with van der Waals surface area (Å²) in [5.74, 6) is -0.282. The van der Waals surface area contributed by atoms with Gasteiger partial charge in [-0.05, 0) is 49.1 Å². The van der Waals surface area contributed by atoms with E-state index in [1.165, 1.54) is 28.3 Å². The Balaban J connectivity index is 1.67. The first-order chi connectivity index (χ1) is 12.5. The van der Waals surface area contributed by atoms with Crippen LogP contribution in [0.4, 0.5) is 4.39 Å². The highest BCUT2D eigenvalue weighted by atomic mass is 32.1. The van der Waals surface area contributed by atoms with Gasteiger partial charge in [0, 0.05) is 36.3 Å². The van der Waals surface area contributed by atoms with E-state index in [1.807, 2.05) is 11.3 Å². The summed E-state index contributed by atoms with van der Waals surface area (Å²) in [6.45, 7) is 6.56. The number of nitrogens with one attached hydrogen (secondary N) is 1. The normalized spacial score (nSPS) is 17.2. The molecule has 0 saturated carbocycles. The molecule has 26 heavy (non-hydrogen) atoms. The second-order valence-electron chi connectivity index (χ2n) is 7.16. The topological polar surface area (TPSA) is 32.3 Å². The maximum atomic E-state index is 13.3. The minimum atomic E-state index is -0.390. The number of nitrogens with zero attached hydrogens (tertiary/aromatic N) is 1. The molecule has 2 aromatic rings. The van der Waals surface area contributed by atoms with Gasteiger partial charge in [0.1, 0.15) is 5.82 Å². The second kappa shape index (κ2) is 8.31. The summed E-state index contributed by atoms with van der Waals surface area (Å²) in [5.41, 5.74) is 0.605. The Morgan fingerprint density at radius 1 is 1.15 bits per heavy atom. The third kappa shape index (κ3) is 4.51. The average molecular weight is 375 g/mol. The van der Waals surface area contributed by atoms with Crippen molar-refractivity contribution in [2.75, 3.05) is 13.1 Å². The number of hydrogen-bond acceptors (Lipinski definition) is 3. The van der Waals surface area contributed by atoms with Crippen LogP contribution in [0.1, 0.15) is 48.4 Å². The molecular formula is C21H27FN2OS. The Morgan fingerprint density at radius 3 is 2.42 bits per heavy atom. The summed E-state index contributed by atoms with van der Waals surface area (Å²) in [7, 11) is 0. The molecule has 0 bridgehead atoms. The summed E-state index contributed by atoms with van der Waals surface area (Å²) >= 11 is 1.91. The minimum absolute atomic E-state index is 0.0368. The third-order valence-electron chi connectivity index (χ3n) is 5.11. The Hall–Kier alpha value is -1.72. The first kappa shape index (κ1) is 19.1. The molecule has 0 radical (unpaired) electrons. The third-order valence-corrected chi connectivity index (χ3v) is 6.24. The van der Waals surface area contributed by atoms with Crippen molar-refractivity contribution in [2.24, 2.45) is 0 Å². The smallest absolute Gasteiger partial charge is 0.217 e. The van der Waals surface area contributed by atoms with E-state index in [4.69, 9.17) is 0 Å². The van der Waals surface area contributed by atoms with Gasteiger partial charge in [-0.25, -0.2) is 4.39 Å². The van der Waals surface area contributed by atoms with Gasteiger partial charge in [0.15, 0.2) is 0 Å². The predicted molar refractivity (Wildman–Crippen MR) is 105 cm³/mol. The lowest BCUT2D eigenvalue weighted by Gasteiger charge is -2.42. The summed E-state index contributed by atoms with van der Waals surface area (Å²) in [4.78, 5) is 17.1. The molecule has 1 aromatic carbocycles. The van der Waals surface area contributed by atoms with E-state index >= 15 is 0 Å². The summed E-state index contributed by atoms with van der Waals surface area (Å²) in [6.07, 6.45) is 4.01. The van der Waals surface area contributed by atoms with Crippen molar-refractivity contribution in [2.45, 2.75) is 51.6 Å². The van der Waals surface area contributed by atoms with Crippen LogP contribution >= 0.6 is 11.3 Å². The van der Waals surface area contributed by atoms with Crippen LogP contribution in [-0.4, -0.2) is 23.9 Å². The van der Waals surface area contributed by atoms with Crippen molar-refractivity contribution in [3.8, 4) is 0 Å². The van der Waals surface area contributed by atoms with Gasteiger partial charge in [0.05, 0.1) is 5.54 Å². The number of amides is 1. The predicted octanol–water partition coefficient (Wildman–Crippen LogP) is 4.47. The lowest BCUT2D eigenvalue weighted by Crippen LogP contribution is -2.52. The molecule has 140 valence electrons. The minimum Gasteiger partial charge on any atom is -0.347 e. The molecule has 2 heterocycles. The molecular weight excluding hydrogens is 347 g/mol. The number of thiophene rings is 1. The number of aryl methyl sites for hydroxylation is 1. The quantitative estimate of drug-likeness (QED) is 0.809. The van der Waals surface area contributed by atoms with Gasteiger partial charge in [-0.15, -0.1) is 11.3 Å². The van der Waals surface area contributed by atoms with Crippen LogP contribution in [0.2, 0.25) is 0 Å². The number of rotatable bonds is 6. The maximum Gasteiger partial charge on any atom is 0.217 e. The van der Waals surface area contributed by atoms with Gasteiger partial charge < -0.3 is 5.32 Å². The molecule has 1 fully saturated rings. The molecule has 1 aliphatic rings. The van der Waals surface area contributed by atoms with Gasteiger partial charge in [0.2, 0.25) is 5.91 Å². The van der Waals surface area contributed by atoms with Crippen molar-refractivity contribution in [1.29, 1.82) is 0 Å². The van der Waals surface area contributed by atoms with E-state index in [9.17, 15) is 9.18 Å². The lowest BCUT2D eigenvalue weighted by molar-refractivity contribution is -0.121. The van der Waals surface area contributed by atoms with E-state index < -0.39 is 5.54 Å². The van der Waals surface area contributed by atoms with E-state index in [2.05, 4.69) is 29.3 Å². The molecule has 3 nitrogen and oxygen atoms in total. The van der Waals surface area contributed by atoms with Gasteiger partial charge in [-0.1, -0.05) is 25.5 Å². The number of halogens is 1. The van der Waals surface area contributed by atoms with Crippen molar-refractivity contribution in [1.82, 2.24) is 10.2 Å². The number of piperidine rings is 1. The SMILES string of the molecule is CCCc1ccc(CN2CCC(NC(C)=O)(c3ccc(F)cc3)CC2)s1. The van der Waals surface area contributed by atoms with Crippen LogP contribution in [0.5, 0.6) is 0 Å². The Morgan fingerprint density at radius 2 is 1.81 bits per heavy atom. The molecule has 1 aromatic heterocycles. The first-order valence-corrected chi connectivity index (χ1v) is 10.2. The molecule has 1 aliphatic heterocycles. The largest absolute Gasteiger partial charge is 0.347 e. The highest BCUT2D eigenvalue weighted by molar-refractivity contribution is 7.11. The van der Waals surface area contributed by atoms with Crippen LogP contribution < -0.4 is 5.32 Å². The number of hydrogen-bond donors (Lipinski definition) is 1. The van der Waals surface area contributed by atoms with E-state index in [0.29, 0.717) is 0 Å². The first-order valence-electron chi connectivity index (χ1n) is 9.35. The number of likely N-dealkylation sites (tertiary alicyclic amines) is 1. The summed E-state index contributed by atoms with van der Waals surface area (Å²) in [6, 6.07) is 11.0. The zero-order valence-corrected chi connectivity index (χ0v) is 16.4. The fraction of sp³-hybridized carbons (Fsp3) is 0.476. The van der Waals surface area contributed by atoms with E-state index in [1.54, 1.807) is 19.1 Å². The Bertz CT molecular complexity index is 733. The van der Waals surface area contributed by atoms with Crippen LogP contribution in [0.25, 0.3) is 0 Å². The van der Waals surface area contributed by atoms with Crippen molar-refractivity contribution in [3.63, 3.8) is 0 Å². The molecule has 0 spiro atoms. The van der Waals surface area contributed by atoms with Crippen LogP contribution in [0.3, 0.4) is 0 Å². The molecule has 0 atom stereocenters. The van der Waals surface area contributed by atoms with Gasteiger partial charge in [-0.2, -0.15) is 0 Å². The van der Waals surface area contributed by atoms with Crippen LogP contribution in [-0.2, 0) is 23.3 Å². The summed E-state index contributed by atoms with van der Waals surface area (Å²) < 4.78 is 13.3. The second-order valence-corrected chi connectivity index (χ2v) is 8.42. The molecule has 1 N–H and O–H groups in total. The molecule has 1 amide bonds. The average Bonchev–Trinajstić information content (AvgIpc) is 3.04. The molecule has 5 heteroatoms. The zero-order chi connectivity index (χ0) is 18.6.